The van der Waals surface area contributed by atoms with Crippen LogP contribution in [0, 0.1) is 0 Å². The van der Waals surface area contributed by atoms with Gasteiger partial charge in [0.1, 0.15) is 6.61 Å². The minimum Gasteiger partial charge on any atom is -0.490 e. The molecule has 2 N–H and O–H groups in total. The largest absolute Gasteiger partial charge is 0.490 e. The Kier molecular flexibility index (Phi) is 4.20. The highest BCUT2D eigenvalue weighted by Gasteiger charge is 2.11. The summed E-state index contributed by atoms with van der Waals surface area (Å²) in [4.78, 5) is 0. The summed E-state index contributed by atoms with van der Waals surface area (Å²) in [6, 6.07) is 7.43. The van der Waals surface area contributed by atoms with E-state index in [-0.39, 0.29) is 0 Å². The van der Waals surface area contributed by atoms with Gasteiger partial charge in [0.05, 0.1) is 12.8 Å². The molecule has 1 heterocycles. The van der Waals surface area contributed by atoms with Gasteiger partial charge in [-0.25, -0.2) is 0 Å². The van der Waals surface area contributed by atoms with Crippen LogP contribution in [0.2, 0.25) is 0 Å². The second-order valence-electron chi connectivity index (χ2n) is 3.65. The van der Waals surface area contributed by atoms with Crippen molar-refractivity contribution in [3.8, 4) is 11.5 Å². The number of para-hydroxylation sites is 1. The molecule has 0 saturated carbocycles. The molecule has 0 aliphatic heterocycles. The van der Waals surface area contributed by atoms with Gasteiger partial charge in [0.15, 0.2) is 17.3 Å². The zero-order valence-electron chi connectivity index (χ0n) is 10.3. The minimum atomic E-state index is 0.303. The van der Waals surface area contributed by atoms with E-state index in [1.165, 1.54) is 0 Å². The molecule has 0 radical (unpaired) electrons. The SMILES string of the molecule is CCOc1cccc(CN)c1OCc1ccno1. The fraction of sp³-hybridized carbons (Fsp3) is 0.308. The van der Waals surface area contributed by atoms with E-state index in [0.29, 0.717) is 37.0 Å². The Labute approximate surface area is 105 Å². The molecule has 2 aromatic rings. The molecule has 0 spiro atoms. The van der Waals surface area contributed by atoms with Gasteiger partial charge in [0, 0.05) is 18.2 Å². The van der Waals surface area contributed by atoms with Crippen molar-refractivity contribution in [2.24, 2.45) is 5.73 Å². The van der Waals surface area contributed by atoms with E-state index < -0.39 is 0 Å². The van der Waals surface area contributed by atoms with Crippen molar-refractivity contribution in [2.45, 2.75) is 20.1 Å². The Hall–Kier alpha value is -2.01. The zero-order valence-corrected chi connectivity index (χ0v) is 10.3. The first-order chi connectivity index (χ1) is 8.85. The van der Waals surface area contributed by atoms with Gasteiger partial charge in [0.2, 0.25) is 0 Å². The maximum absolute atomic E-state index is 5.72. The fourth-order valence-electron chi connectivity index (χ4n) is 1.61. The molecule has 96 valence electrons. The van der Waals surface area contributed by atoms with Crippen molar-refractivity contribution in [2.75, 3.05) is 6.61 Å². The highest BCUT2D eigenvalue weighted by molar-refractivity contribution is 5.46. The summed E-state index contributed by atoms with van der Waals surface area (Å²) in [5, 5.41) is 3.62. The summed E-state index contributed by atoms with van der Waals surface area (Å²) >= 11 is 0. The molecule has 5 nitrogen and oxygen atoms in total. The quantitative estimate of drug-likeness (QED) is 0.847. The van der Waals surface area contributed by atoms with E-state index >= 15 is 0 Å². The number of ether oxygens (including phenoxy) is 2. The van der Waals surface area contributed by atoms with Crippen molar-refractivity contribution < 1.29 is 14.0 Å². The monoisotopic (exact) mass is 248 g/mol. The number of aromatic nitrogens is 1. The van der Waals surface area contributed by atoms with Crippen molar-refractivity contribution in [3.63, 3.8) is 0 Å². The van der Waals surface area contributed by atoms with E-state index in [0.717, 1.165) is 5.56 Å². The Morgan fingerprint density at radius 2 is 2.17 bits per heavy atom. The zero-order chi connectivity index (χ0) is 12.8. The fourth-order valence-corrected chi connectivity index (χ4v) is 1.61. The van der Waals surface area contributed by atoms with Crippen LogP contribution in [0.1, 0.15) is 18.2 Å². The molecule has 0 atom stereocenters. The van der Waals surface area contributed by atoms with Crippen LogP contribution in [0.3, 0.4) is 0 Å². The second-order valence-corrected chi connectivity index (χ2v) is 3.65. The molecule has 0 aliphatic rings. The van der Waals surface area contributed by atoms with Crippen LogP contribution in [-0.4, -0.2) is 11.8 Å². The number of nitrogens with two attached hydrogens (primary N) is 1. The molecule has 1 aromatic carbocycles. The molecule has 0 bridgehead atoms. The topological polar surface area (TPSA) is 70.5 Å². The summed E-state index contributed by atoms with van der Waals surface area (Å²) in [6.07, 6.45) is 1.58. The molecule has 5 heteroatoms. The Bertz CT molecular complexity index is 483. The molecule has 18 heavy (non-hydrogen) atoms. The molecule has 1 aromatic heterocycles. The molecule has 0 saturated heterocycles. The van der Waals surface area contributed by atoms with Crippen LogP contribution in [0.4, 0.5) is 0 Å². The Morgan fingerprint density at radius 1 is 1.28 bits per heavy atom. The van der Waals surface area contributed by atoms with Gasteiger partial charge in [0.25, 0.3) is 0 Å². The normalized spacial score (nSPS) is 10.3. The average Bonchev–Trinajstić information content (AvgIpc) is 2.90. The maximum atomic E-state index is 5.72. The van der Waals surface area contributed by atoms with Crippen LogP contribution >= 0.6 is 0 Å². The van der Waals surface area contributed by atoms with Gasteiger partial charge in [-0.1, -0.05) is 17.3 Å². The first-order valence-corrected chi connectivity index (χ1v) is 5.82. The molecule has 0 unspecified atom stereocenters. The van der Waals surface area contributed by atoms with E-state index in [1.807, 2.05) is 25.1 Å². The number of nitrogens with zero attached hydrogens (tertiary/aromatic N) is 1. The van der Waals surface area contributed by atoms with Gasteiger partial charge in [-0.3, -0.25) is 0 Å². The minimum absolute atomic E-state index is 0.303. The first-order valence-electron chi connectivity index (χ1n) is 5.82. The van der Waals surface area contributed by atoms with Gasteiger partial charge in [-0.15, -0.1) is 0 Å². The van der Waals surface area contributed by atoms with Gasteiger partial charge >= 0.3 is 0 Å². The first kappa shape index (κ1) is 12.4. The molecule has 2 rings (SSSR count). The summed E-state index contributed by atoms with van der Waals surface area (Å²) < 4.78 is 16.2. The van der Waals surface area contributed by atoms with E-state index in [2.05, 4.69) is 5.16 Å². The molecule has 0 amide bonds. The maximum Gasteiger partial charge on any atom is 0.174 e. The number of hydrogen-bond donors (Lipinski definition) is 1. The summed E-state index contributed by atoms with van der Waals surface area (Å²) in [5.74, 6) is 2.02. The van der Waals surface area contributed by atoms with Gasteiger partial charge < -0.3 is 19.7 Å². The van der Waals surface area contributed by atoms with E-state index in [9.17, 15) is 0 Å². The predicted molar refractivity (Wildman–Crippen MR) is 66.3 cm³/mol. The molecule has 0 aliphatic carbocycles. The highest BCUT2D eigenvalue weighted by atomic mass is 16.5. The smallest absolute Gasteiger partial charge is 0.174 e. The van der Waals surface area contributed by atoms with Crippen LogP contribution < -0.4 is 15.2 Å². The van der Waals surface area contributed by atoms with Gasteiger partial charge in [-0.05, 0) is 13.0 Å². The van der Waals surface area contributed by atoms with Crippen LogP contribution in [0.5, 0.6) is 11.5 Å². The van der Waals surface area contributed by atoms with Crippen molar-refractivity contribution in [1.82, 2.24) is 5.16 Å². The van der Waals surface area contributed by atoms with E-state index in [1.54, 1.807) is 12.3 Å². The Balaban J connectivity index is 2.18. The predicted octanol–water partition coefficient (Wildman–Crippen LogP) is 2.11. The lowest BCUT2D eigenvalue weighted by Gasteiger charge is -2.14. The van der Waals surface area contributed by atoms with Crippen molar-refractivity contribution in [1.29, 1.82) is 0 Å². The number of rotatable bonds is 6. The number of benzene rings is 1. The summed E-state index contributed by atoms with van der Waals surface area (Å²) in [5.41, 5.74) is 6.60. The third-order valence-electron chi connectivity index (χ3n) is 2.43. The van der Waals surface area contributed by atoms with Gasteiger partial charge in [-0.2, -0.15) is 0 Å². The van der Waals surface area contributed by atoms with Crippen molar-refractivity contribution in [3.05, 3.63) is 41.8 Å². The lowest BCUT2D eigenvalue weighted by Crippen LogP contribution is -2.05. The molecular formula is C13H16N2O3. The second kappa shape index (κ2) is 6.07. The van der Waals surface area contributed by atoms with Crippen LogP contribution in [0.15, 0.2) is 35.0 Å². The molecule has 0 fully saturated rings. The standard InChI is InChI=1S/C13H16N2O3/c1-2-16-12-5-3-4-10(8-14)13(12)17-9-11-6-7-15-18-11/h3-7H,2,8-9,14H2,1H3. The highest BCUT2D eigenvalue weighted by Crippen LogP contribution is 2.31. The lowest BCUT2D eigenvalue weighted by atomic mass is 10.2. The Morgan fingerprint density at radius 3 is 2.83 bits per heavy atom. The van der Waals surface area contributed by atoms with Crippen molar-refractivity contribution >= 4 is 0 Å². The van der Waals surface area contributed by atoms with Crippen LogP contribution in [0.25, 0.3) is 0 Å². The average molecular weight is 248 g/mol. The summed E-state index contributed by atoms with van der Waals surface area (Å²) in [6.45, 7) is 3.20. The lowest BCUT2D eigenvalue weighted by molar-refractivity contribution is 0.231. The van der Waals surface area contributed by atoms with Crippen LogP contribution in [-0.2, 0) is 13.2 Å². The third kappa shape index (κ3) is 2.81. The summed E-state index contributed by atoms with van der Waals surface area (Å²) in [7, 11) is 0. The molecular weight excluding hydrogens is 232 g/mol. The number of hydrogen-bond acceptors (Lipinski definition) is 5. The third-order valence-corrected chi connectivity index (χ3v) is 2.43. The van der Waals surface area contributed by atoms with E-state index in [4.69, 9.17) is 19.7 Å².